The molecule has 1 rings (SSSR count). The van der Waals surface area contributed by atoms with Crippen molar-refractivity contribution in [1.82, 2.24) is 15.0 Å². The van der Waals surface area contributed by atoms with E-state index in [1.165, 1.54) is 0 Å². The first-order chi connectivity index (χ1) is 5.63. The van der Waals surface area contributed by atoms with Gasteiger partial charge in [-0.15, -0.1) is 0 Å². The number of hydrogen-bond acceptors (Lipinski definition) is 4. The van der Waals surface area contributed by atoms with E-state index in [4.69, 9.17) is 11.6 Å². The third kappa shape index (κ3) is 2.04. The summed E-state index contributed by atoms with van der Waals surface area (Å²) in [6.45, 7) is 4.01. The Morgan fingerprint density at radius 2 is 1.92 bits per heavy atom. The average molecular weight is 187 g/mol. The van der Waals surface area contributed by atoms with Crippen LogP contribution >= 0.6 is 11.6 Å². The molecule has 0 atom stereocenters. The van der Waals surface area contributed by atoms with Crippen LogP contribution in [0.1, 0.15) is 25.6 Å². The lowest BCUT2D eigenvalue weighted by Gasteiger charge is -2.04. The van der Waals surface area contributed by atoms with Crippen LogP contribution in [0.2, 0.25) is 5.28 Å². The summed E-state index contributed by atoms with van der Waals surface area (Å²) in [7, 11) is 1.75. The van der Waals surface area contributed by atoms with Crippen molar-refractivity contribution in [2.24, 2.45) is 0 Å². The van der Waals surface area contributed by atoms with Gasteiger partial charge in [-0.05, 0) is 11.6 Å². The molecule has 0 aliphatic heterocycles. The summed E-state index contributed by atoms with van der Waals surface area (Å²) in [5.74, 6) is 1.48. The summed E-state index contributed by atoms with van der Waals surface area (Å²) < 4.78 is 0. The van der Waals surface area contributed by atoms with Crippen LogP contribution in [0.5, 0.6) is 0 Å². The Hall–Kier alpha value is -0.900. The van der Waals surface area contributed by atoms with E-state index in [9.17, 15) is 0 Å². The lowest BCUT2D eigenvalue weighted by atomic mass is 10.2. The lowest BCUT2D eigenvalue weighted by molar-refractivity contribution is 0.762. The lowest BCUT2D eigenvalue weighted by Crippen LogP contribution is -2.04. The van der Waals surface area contributed by atoms with E-state index in [1.54, 1.807) is 7.05 Å². The van der Waals surface area contributed by atoms with Crippen LogP contribution in [0, 0.1) is 0 Å². The number of halogens is 1. The molecule has 0 aromatic carbocycles. The fraction of sp³-hybridized carbons (Fsp3) is 0.571. The van der Waals surface area contributed by atoms with Crippen LogP contribution in [-0.2, 0) is 0 Å². The van der Waals surface area contributed by atoms with Gasteiger partial charge in [-0.3, -0.25) is 0 Å². The zero-order valence-corrected chi connectivity index (χ0v) is 8.05. The average Bonchev–Trinajstić information content (AvgIpc) is 2.03. The van der Waals surface area contributed by atoms with E-state index in [0.717, 1.165) is 0 Å². The van der Waals surface area contributed by atoms with Crippen molar-refractivity contribution in [2.45, 2.75) is 19.8 Å². The van der Waals surface area contributed by atoms with Crippen LogP contribution in [0.4, 0.5) is 5.95 Å². The second-order valence-corrected chi connectivity index (χ2v) is 3.03. The number of anilines is 1. The molecule has 0 bridgehead atoms. The predicted molar refractivity (Wildman–Crippen MR) is 48.5 cm³/mol. The van der Waals surface area contributed by atoms with E-state index in [1.807, 2.05) is 13.8 Å². The number of nitrogens with zero attached hydrogens (tertiary/aromatic N) is 3. The molecule has 5 heteroatoms. The molecule has 1 aromatic rings. The maximum absolute atomic E-state index is 5.67. The molecule has 12 heavy (non-hydrogen) atoms. The predicted octanol–water partition coefficient (Wildman–Crippen LogP) is 1.69. The topological polar surface area (TPSA) is 50.7 Å². The zero-order chi connectivity index (χ0) is 9.14. The molecule has 0 aliphatic rings. The van der Waals surface area contributed by atoms with E-state index >= 15 is 0 Å². The van der Waals surface area contributed by atoms with Crippen molar-refractivity contribution in [3.8, 4) is 0 Å². The minimum absolute atomic E-state index is 0.234. The summed E-state index contributed by atoms with van der Waals surface area (Å²) in [4.78, 5) is 12.0. The molecule has 0 saturated carbocycles. The Balaban J connectivity index is 3.06. The molecule has 0 amide bonds. The standard InChI is InChI=1S/C7H11ClN4/c1-4(2)5-10-6(8)12-7(9-3)11-5/h4H,1-3H3,(H,9,10,11,12). The SMILES string of the molecule is CNc1nc(Cl)nc(C(C)C)n1. The molecule has 0 saturated heterocycles. The van der Waals surface area contributed by atoms with Crippen molar-refractivity contribution in [2.75, 3.05) is 12.4 Å². The molecule has 0 fully saturated rings. The highest BCUT2D eigenvalue weighted by Crippen LogP contribution is 2.12. The first kappa shape index (κ1) is 9.19. The monoisotopic (exact) mass is 186 g/mol. The van der Waals surface area contributed by atoms with E-state index in [-0.39, 0.29) is 11.2 Å². The molecule has 0 aliphatic carbocycles. The highest BCUT2D eigenvalue weighted by Gasteiger charge is 2.06. The van der Waals surface area contributed by atoms with Crippen LogP contribution in [0.25, 0.3) is 0 Å². The van der Waals surface area contributed by atoms with Gasteiger partial charge in [0.05, 0.1) is 0 Å². The Morgan fingerprint density at radius 3 is 2.42 bits per heavy atom. The number of rotatable bonds is 2. The quantitative estimate of drug-likeness (QED) is 0.764. The van der Waals surface area contributed by atoms with Gasteiger partial charge in [-0.2, -0.15) is 9.97 Å². The summed E-state index contributed by atoms with van der Waals surface area (Å²) in [6.07, 6.45) is 0. The molecule has 0 unspecified atom stereocenters. The van der Waals surface area contributed by atoms with E-state index < -0.39 is 0 Å². The highest BCUT2D eigenvalue weighted by molar-refractivity contribution is 6.28. The molecule has 1 heterocycles. The largest absolute Gasteiger partial charge is 0.357 e. The van der Waals surface area contributed by atoms with Gasteiger partial charge in [0, 0.05) is 13.0 Å². The number of nitrogens with one attached hydrogen (secondary N) is 1. The van der Waals surface area contributed by atoms with Gasteiger partial charge in [-0.25, -0.2) is 4.98 Å². The molecular weight excluding hydrogens is 176 g/mol. The summed E-state index contributed by atoms with van der Waals surface area (Å²) >= 11 is 5.67. The Labute approximate surface area is 76.4 Å². The van der Waals surface area contributed by atoms with Crippen LogP contribution in [0.3, 0.4) is 0 Å². The Kier molecular flexibility index (Phi) is 2.81. The molecule has 66 valence electrons. The zero-order valence-electron chi connectivity index (χ0n) is 7.30. The van der Waals surface area contributed by atoms with Crippen LogP contribution < -0.4 is 5.32 Å². The first-order valence-corrected chi connectivity index (χ1v) is 4.10. The second-order valence-electron chi connectivity index (χ2n) is 2.69. The van der Waals surface area contributed by atoms with Crippen molar-refractivity contribution in [3.05, 3.63) is 11.1 Å². The maximum atomic E-state index is 5.67. The molecule has 1 aromatic heterocycles. The Bertz CT molecular complexity index is 274. The van der Waals surface area contributed by atoms with Gasteiger partial charge in [-0.1, -0.05) is 13.8 Å². The van der Waals surface area contributed by atoms with Gasteiger partial charge in [0.2, 0.25) is 11.2 Å². The van der Waals surface area contributed by atoms with Crippen molar-refractivity contribution in [1.29, 1.82) is 0 Å². The third-order valence-corrected chi connectivity index (χ3v) is 1.53. The normalized spacial score (nSPS) is 10.4. The van der Waals surface area contributed by atoms with Gasteiger partial charge in [0.25, 0.3) is 0 Å². The minimum Gasteiger partial charge on any atom is -0.357 e. The van der Waals surface area contributed by atoms with Gasteiger partial charge < -0.3 is 5.32 Å². The summed E-state index contributed by atoms with van der Waals surface area (Å²) in [5.41, 5.74) is 0. The first-order valence-electron chi connectivity index (χ1n) is 3.72. The van der Waals surface area contributed by atoms with Crippen LogP contribution in [-0.4, -0.2) is 22.0 Å². The third-order valence-electron chi connectivity index (χ3n) is 1.37. The number of hydrogen-bond donors (Lipinski definition) is 1. The van der Waals surface area contributed by atoms with Crippen molar-refractivity contribution >= 4 is 17.5 Å². The fourth-order valence-electron chi connectivity index (χ4n) is 0.735. The minimum atomic E-state index is 0.234. The smallest absolute Gasteiger partial charge is 0.227 e. The van der Waals surface area contributed by atoms with E-state index in [0.29, 0.717) is 11.8 Å². The molecule has 0 spiro atoms. The van der Waals surface area contributed by atoms with Gasteiger partial charge >= 0.3 is 0 Å². The second kappa shape index (κ2) is 3.67. The molecular formula is C7H11ClN4. The molecule has 1 N–H and O–H groups in total. The van der Waals surface area contributed by atoms with Crippen LogP contribution in [0.15, 0.2) is 0 Å². The van der Waals surface area contributed by atoms with Crippen molar-refractivity contribution in [3.63, 3.8) is 0 Å². The summed E-state index contributed by atoms with van der Waals surface area (Å²) in [6, 6.07) is 0. The molecule has 4 nitrogen and oxygen atoms in total. The van der Waals surface area contributed by atoms with Crippen molar-refractivity contribution < 1.29 is 0 Å². The fourth-order valence-corrected chi connectivity index (χ4v) is 0.902. The van der Waals surface area contributed by atoms with Gasteiger partial charge in [0.1, 0.15) is 5.82 Å². The highest BCUT2D eigenvalue weighted by atomic mass is 35.5. The summed E-state index contributed by atoms with van der Waals surface area (Å²) in [5, 5.41) is 3.05. The Morgan fingerprint density at radius 1 is 1.25 bits per heavy atom. The number of aromatic nitrogens is 3. The van der Waals surface area contributed by atoms with Gasteiger partial charge in [0.15, 0.2) is 0 Å². The maximum Gasteiger partial charge on any atom is 0.227 e. The molecule has 0 radical (unpaired) electrons. The van der Waals surface area contributed by atoms with E-state index in [2.05, 4.69) is 20.3 Å².